The van der Waals surface area contributed by atoms with Gasteiger partial charge in [0.1, 0.15) is 12.4 Å². The van der Waals surface area contributed by atoms with Crippen molar-refractivity contribution < 1.29 is 14.3 Å². The first-order valence-corrected chi connectivity index (χ1v) is 8.26. The molecule has 0 radical (unpaired) electrons. The van der Waals surface area contributed by atoms with Crippen molar-refractivity contribution in [2.45, 2.75) is 6.42 Å². The SMILES string of the molecule is O=C(CCNC(=O)Nc1cccc(Cl)c1)NCCOc1ccccc1. The normalized spacial score (nSPS) is 9.96. The summed E-state index contributed by atoms with van der Waals surface area (Å²) in [6.07, 6.45) is 0.189. The third-order valence-electron chi connectivity index (χ3n) is 3.16. The highest BCUT2D eigenvalue weighted by molar-refractivity contribution is 6.30. The van der Waals surface area contributed by atoms with Gasteiger partial charge < -0.3 is 20.7 Å². The topological polar surface area (TPSA) is 79.5 Å². The Morgan fingerprint density at radius 3 is 2.52 bits per heavy atom. The van der Waals surface area contributed by atoms with Crippen molar-refractivity contribution in [2.75, 3.05) is 25.0 Å². The summed E-state index contributed by atoms with van der Waals surface area (Å²) < 4.78 is 5.47. The summed E-state index contributed by atoms with van der Waals surface area (Å²) >= 11 is 5.84. The number of carbonyl (C=O) groups is 2. The number of amides is 3. The number of benzene rings is 2. The Bertz CT molecular complexity index is 695. The number of rotatable bonds is 8. The highest BCUT2D eigenvalue weighted by Gasteiger charge is 2.04. The molecule has 0 saturated heterocycles. The van der Waals surface area contributed by atoms with Crippen LogP contribution in [0.15, 0.2) is 54.6 Å². The molecule has 0 unspecified atom stereocenters. The molecule has 0 aliphatic heterocycles. The van der Waals surface area contributed by atoms with E-state index in [0.717, 1.165) is 5.75 Å². The monoisotopic (exact) mass is 361 g/mol. The van der Waals surface area contributed by atoms with E-state index in [9.17, 15) is 9.59 Å². The minimum Gasteiger partial charge on any atom is -0.492 e. The Kier molecular flexibility index (Phi) is 7.59. The molecule has 132 valence electrons. The van der Waals surface area contributed by atoms with Crippen LogP contribution in [0.1, 0.15) is 6.42 Å². The van der Waals surface area contributed by atoms with Gasteiger partial charge >= 0.3 is 6.03 Å². The number of halogens is 1. The zero-order valence-electron chi connectivity index (χ0n) is 13.6. The van der Waals surface area contributed by atoms with Crippen molar-refractivity contribution in [3.63, 3.8) is 0 Å². The Morgan fingerprint density at radius 1 is 0.960 bits per heavy atom. The lowest BCUT2D eigenvalue weighted by molar-refractivity contribution is -0.121. The summed E-state index contributed by atoms with van der Waals surface area (Å²) in [4.78, 5) is 23.4. The fourth-order valence-electron chi connectivity index (χ4n) is 2.00. The highest BCUT2D eigenvalue weighted by Crippen LogP contribution is 2.14. The molecule has 0 atom stereocenters. The molecule has 0 heterocycles. The maximum Gasteiger partial charge on any atom is 0.319 e. The molecule has 0 spiro atoms. The van der Waals surface area contributed by atoms with E-state index in [0.29, 0.717) is 23.9 Å². The summed E-state index contributed by atoms with van der Waals surface area (Å²) in [5.41, 5.74) is 0.590. The van der Waals surface area contributed by atoms with Gasteiger partial charge in [0.2, 0.25) is 5.91 Å². The van der Waals surface area contributed by atoms with Crippen LogP contribution >= 0.6 is 11.6 Å². The fourth-order valence-corrected chi connectivity index (χ4v) is 2.19. The molecule has 2 rings (SSSR count). The van der Waals surface area contributed by atoms with E-state index < -0.39 is 0 Å². The quantitative estimate of drug-likeness (QED) is 0.632. The predicted molar refractivity (Wildman–Crippen MR) is 98.0 cm³/mol. The minimum absolute atomic E-state index is 0.153. The molecule has 0 aromatic heterocycles. The Morgan fingerprint density at radius 2 is 1.76 bits per heavy atom. The van der Waals surface area contributed by atoms with Crippen molar-refractivity contribution in [2.24, 2.45) is 0 Å². The molecule has 0 aliphatic rings. The second kappa shape index (κ2) is 10.2. The molecule has 0 aliphatic carbocycles. The van der Waals surface area contributed by atoms with Crippen LogP contribution in [0.25, 0.3) is 0 Å². The van der Waals surface area contributed by atoms with E-state index in [1.54, 1.807) is 24.3 Å². The van der Waals surface area contributed by atoms with Gasteiger partial charge in [0.15, 0.2) is 0 Å². The van der Waals surface area contributed by atoms with Crippen LogP contribution in [0.3, 0.4) is 0 Å². The summed E-state index contributed by atoms with van der Waals surface area (Å²) in [6, 6.07) is 15.8. The number of ether oxygens (including phenoxy) is 1. The first-order valence-electron chi connectivity index (χ1n) is 7.88. The fraction of sp³-hybridized carbons (Fsp3) is 0.222. The van der Waals surface area contributed by atoms with Gasteiger partial charge in [-0.05, 0) is 30.3 Å². The van der Waals surface area contributed by atoms with Gasteiger partial charge in [0.05, 0.1) is 6.54 Å². The summed E-state index contributed by atoms with van der Waals surface area (Å²) in [5.74, 6) is 0.607. The lowest BCUT2D eigenvalue weighted by Crippen LogP contribution is -2.34. The number of anilines is 1. The van der Waals surface area contributed by atoms with E-state index in [1.807, 2.05) is 30.3 Å². The Balaban J connectivity index is 1.55. The lowest BCUT2D eigenvalue weighted by Gasteiger charge is -2.09. The van der Waals surface area contributed by atoms with Crippen molar-refractivity contribution in [3.05, 3.63) is 59.6 Å². The molecule has 6 nitrogen and oxygen atoms in total. The van der Waals surface area contributed by atoms with Gasteiger partial charge in [-0.1, -0.05) is 35.9 Å². The Labute approximate surface area is 151 Å². The molecule has 2 aromatic carbocycles. The average molecular weight is 362 g/mol. The summed E-state index contributed by atoms with van der Waals surface area (Å²) in [5, 5.41) is 8.52. The van der Waals surface area contributed by atoms with Gasteiger partial charge in [-0.2, -0.15) is 0 Å². The first kappa shape index (κ1) is 18.6. The number of para-hydroxylation sites is 1. The molecule has 3 amide bonds. The maximum atomic E-state index is 11.7. The first-order chi connectivity index (χ1) is 12.1. The zero-order valence-corrected chi connectivity index (χ0v) is 14.4. The van der Waals surface area contributed by atoms with Gasteiger partial charge in [-0.3, -0.25) is 4.79 Å². The van der Waals surface area contributed by atoms with E-state index in [-0.39, 0.29) is 24.9 Å². The summed E-state index contributed by atoms with van der Waals surface area (Å²) in [7, 11) is 0. The smallest absolute Gasteiger partial charge is 0.319 e. The molecular formula is C18H20ClN3O3. The molecule has 0 fully saturated rings. The second-order valence-corrected chi connectivity index (χ2v) is 5.59. The van der Waals surface area contributed by atoms with Crippen molar-refractivity contribution in [1.82, 2.24) is 10.6 Å². The third kappa shape index (κ3) is 7.58. The van der Waals surface area contributed by atoms with Crippen LogP contribution in [0.4, 0.5) is 10.5 Å². The van der Waals surface area contributed by atoms with Crippen LogP contribution in [-0.4, -0.2) is 31.6 Å². The minimum atomic E-state index is -0.387. The largest absolute Gasteiger partial charge is 0.492 e. The lowest BCUT2D eigenvalue weighted by atomic mass is 10.3. The average Bonchev–Trinajstić information content (AvgIpc) is 2.60. The maximum absolute atomic E-state index is 11.7. The summed E-state index contributed by atoms with van der Waals surface area (Å²) in [6.45, 7) is 1.03. The van der Waals surface area contributed by atoms with E-state index in [4.69, 9.17) is 16.3 Å². The number of urea groups is 1. The predicted octanol–water partition coefficient (Wildman–Crippen LogP) is 3.05. The number of carbonyl (C=O) groups excluding carboxylic acids is 2. The van der Waals surface area contributed by atoms with Crippen molar-refractivity contribution in [1.29, 1.82) is 0 Å². The molecule has 3 N–H and O–H groups in total. The second-order valence-electron chi connectivity index (χ2n) is 5.15. The molecular weight excluding hydrogens is 342 g/mol. The number of hydrogen-bond acceptors (Lipinski definition) is 3. The van der Waals surface area contributed by atoms with Gasteiger partial charge in [0.25, 0.3) is 0 Å². The Hall–Kier alpha value is -2.73. The van der Waals surface area contributed by atoms with Crippen LogP contribution < -0.4 is 20.7 Å². The molecule has 7 heteroatoms. The number of nitrogens with one attached hydrogen (secondary N) is 3. The van der Waals surface area contributed by atoms with Crippen LogP contribution in [-0.2, 0) is 4.79 Å². The van der Waals surface area contributed by atoms with Crippen molar-refractivity contribution >= 4 is 29.2 Å². The number of hydrogen-bond donors (Lipinski definition) is 3. The zero-order chi connectivity index (χ0) is 17.9. The standard InChI is InChI=1S/C18H20ClN3O3/c19-14-5-4-6-15(13-14)22-18(24)21-10-9-17(23)20-11-12-25-16-7-2-1-3-8-16/h1-8,13H,9-12H2,(H,20,23)(H2,21,22,24). The van der Waals surface area contributed by atoms with Gasteiger partial charge in [-0.25, -0.2) is 4.79 Å². The molecule has 0 saturated carbocycles. The van der Waals surface area contributed by atoms with Crippen LogP contribution in [0.5, 0.6) is 5.75 Å². The van der Waals surface area contributed by atoms with Crippen LogP contribution in [0.2, 0.25) is 5.02 Å². The molecule has 25 heavy (non-hydrogen) atoms. The molecule has 0 bridgehead atoms. The van der Waals surface area contributed by atoms with Crippen LogP contribution in [0, 0.1) is 0 Å². The van der Waals surface area contributed by atoms with E-state index in [2.05, 4.69) is 16.0 Å². The molecule has 2 aromatic rings. The van der Waals surface area contributed by atoms with E-state index in [1.165, 1.54) is 0 Å². The highest BCUT2D eigenvalue weighted by atomic mass is 35.5. The van der Waals surface area contributed by atoms with Crippen molar-refractivity contribution in [3.8, 4) is 5.75 Å². The van der Waals surface area contributed by atoms with Gasteiger partial charge in [-0.15, -0.1) is 0 Å². The third-order valence-corrected chi connectivity index (χ3v) is 3.39. The van der Waals surface area contributed by atoms with E-state index >= 15 is 0 Å². The van der Waals surface area contributed by atoms with Gasteiger partial charge in [0, 0.05) is 23.7 Å².